The third-order valence-electron chi connectivity index (χ3n) is 7.57. The summed E-state index contributed by atoms with van der Waals surface area (Å²) < 4.78 is 13.4. The first kappa shape index (κ1) is 27.4. The lowest BCUT2D eigenvalue weighted by Crippen LogP contribution is -2.34. The Morgan fingerprint density at radius 3 is 2.58 bits per heavy atom. The quantitative estimate of drug-likeness (QED) is 0.268. The topological polar surface area (TPSA) is 117 Å². The van der Waals surface area contributed by atoms with E-state index in [0.717, 1.165) is 57.3 Å². The number of nitrogens with one attached hydrogen (secondary N) is 2. The molecule has 2 aromatic carbocycles. The van der Waals surface area contributed by atoms with Gasteiger partial charge < -0.3 is 10.6 Å². The smallest absolute Gasteiger partial charge is 0.277 e. The van der Waals surface area contributed by atoms with E-state index in [1.54, 1.807) is 36.4 Å². The van der Waals surface area contributed by atoms with Crippen LogP contribution in [0.1, 0.15) is 48.0 Å². The number of carbonyl (C=O) groups is 2. The fourth-order valence-electron chi connectivity index (χ4n) is 5.13. The number of benzene rings is 2. The van der Waals surface area contributed by atoms with E-state index in [4.69, 9.17) is 0 Å². The van der Waals surface area contributed by atoms with Gasteiger partial charge in [0.05, 0.1) is 10.5 Å². The number of nitrogens with zero attached hydrogens (tertiary/aromatic N) is 3. The number of pyridine rings is 1. The van der Waals surface area contributed by atoms with Gasteiger partial charge in [-0.05, 0) is 98.6 Å². The van der Waals surface area contributed by atoms with Gasteiger partial charge in [-0.25, -0.2) is 9.37 Å². The van der Waals surface area contributed by atoms with Crippen LogP contribution < -0.4 is 10.6 Å². The van der Waals surface area contributed by atoms with E-state index in [9.17, 15) is 24.1 Å². The average Bonchev–Trinajstić information content (AvgIpc) is 3.80. The maximum Gasteiger partial charge on any atom is 0.277 e. The van der Waals surface area contributed by atoms with Crippen molar-refractivity contribution in [3.8, 4) is 11.1 Å². The molecule has 2 N–H and O–H groups in total. The zero-order valence-corrected chi connectivity index (χ0v) is 22.1. The Kier molecular flexibility index (Phi) is 8.45. The number of anilines is 1. The number of aromatic nitrogens is 1. The zero-order valence-electron chi connectivity index (χ0n) is 22.1. The fraction of sp³-hybridized carbons (Fsp3) is 0.367. The first-order valence-corrected chi connectivity index (χ1v) is 13.7. The molecule has 5 rings (SSSR count). The molecule has 40 heavy (non-hydrogen) atoms. The Labute approximate surface area is 231 Å². The molecule has 1 aromatic heterocycles. The van der Waals surface area contributed by atoms with Crippen LogP contribution in [0.25, 0.3) is 11.1 Å². The van der Waals surface area contributed by atoms with Crippen molar-refractivity contribution in [2.24, 2.45) is 11.8 Å². The molecule has 1 aliphatic heterocycles. The highest BCUT2D eigenvalue weighted by atomic mass is 19.1. The van der Waals surface area contributed by atoms with E-state index >= 15 is 0 Å². The summed E-state index contributed by atoms with van der Waals surface area (Å²) in [4.78, 5) is 42.7. The van der Waals surface area contributed by atoms with E-state index < -0.39 is 4.92 Å². The lowest BCUT2D eigenvalue weighted by molar-refractivity contribution is -0.384. The van der Waals surface area contributed by atoms with E-state index in [1.165, 1.54) is 18.3 Å². The highest BCUT2D eigenvalue weighted by Crippen LogP contribution is 2.33. The number of rotatable bonds is 10. The highest BCUT2D eigenvalue weighted by molar-refractivity contribution is 5.96. The van der Waals surface area contributed by atoms with Crippen LogP contribution in [0.3, 0.4) is 0 Å². The molecule has 2 aliphatic rings. The van der Waals surface area contributed by atoms with Gasteiger partial charge in [-0.1, -0.05) is 12.1 Å². The lowest BCUT2D eigenvalue weighted by Gasteiger charge is -2.32. The summed E-state index contributed by atoms with van der Waals surface area (Å²) in [5, 5.41) is 17.5. The van der Waals surface area contributed by atoms with Crippen molar-refractivity contribution >= 4 is 23.3 Å². The van der Waals surface area contributed by atoms with Gasteiger partial charge >= 0.3 is 0 Å². The monoisotopic (exact) mass is 545 g/mol. The first-order chi connectivity index (χ1) is 19.4. The summed E-state index contributed by atoms with van der Waals surface area (Å²) in [7, 11) is 0. The molecule has 0 atom stereocenters. The second-order valence-electron chi connectivity index (χ2n) is 10.6. The minimum atomic E-state index is -0.507. The van der Waals surface area contributed by atoms with Crippen molar-refractivity contribution < 1.29 is 18.9 Å². The van der Waals surface area contributed by atoms with Gasteiger partial charge in [0.2, 0.25) is 5.91 Å². The summed E-state index contributed by atoms with van der Waals surface area (Å²) in [6.07, 6.45) is 6.04. The lowest BCUT2D eigenvalue weighted by atomic mass is 9.93. The van der Waals surface area contributed by atoms with Crippen molar-refractivity contribution in [3.63, 3.8) is 0 Å². The summed E-state index contributed by atoms with van der Waals surface area (Å²) in [5.41, 5.74) is 1.87. The molecule has 1 aliphatic carbocycles. The molecule has 0 spiro atoms. The number of nitro benzene ring substituents is 1. The molecule has 0 bridgehead atoms. The van der Waals surface area contributed by atoms with Gasteiger partial charge in [-0.2, -0.15) is 0 Å². The fourth-order valence-corrected chi connectivity index (χ4v) is 5.13. The highest BCUT2D eigenvalue weighted by Gasteiger charge is 2.30. The number of nitro groups is 1. The van der Waals surface area contributed by atoms with Crippen LogP contribution in [0.15, 0.2) is 60.8 Å². The molecule has 2 heterocycles. The number of carbonyl (C=O) groups excluding carboxylic acids is 2. The molecule has 3 aromatic rings. The Morgan fingerprint density at radius 2 is 1.85 bits per heavy atom. The van der Waals surface area contributed by atoms with E-state index in [0.29, 0.717) is 29.4 Å². The van der Waals surface area contributed by atoms with Crippen LogP contribution in [-0.4, -0.2) is 46.3 Å². The zero-order chi connectivity index (χ0) is 28.1. The standard InChI is InChI=1S/C30H32FN5O4/c31-25-3-1-2-21(16-25)19-35-14-10-20(11-15-35)8-12-33-29(37)24-6-7-26(27(17-24)36(39)40)23-9-13-32-28(18-23)34-30(38)22-4-5-22/h1-3,6-7,9,13,16-18,20,22H,4-5,8,10-12,14-15,19H2,(H,33,37)(H,32,34,38). The molecule has 1 saturated heterocycles. The second-order valence-corrected chi connectivity index (χ2v) is 10.6. The maximum atomic E-state index is 13.4. The van der Waals surface area contributed by atoms with Gasteiger partial charge in [-0.3, -0.25) is 24.6 Å². The predicted molar refractivity (Wildman–Crippen MR) is 149 cm³/mol. The summed E-state index contributed by atoms with van der Waals surface area (Å²) >= 11 is 0. The molecule has 0 radical (unpaired) electrons. The van der Waals surface area contributed by atoms with Crippen LogP contribution in [0, 0.1) is 27.8 Å². The van der Waals surface area contributed by atoms with Crippen molar-refractivity contribution in [3.05, 3.63) is 87.9 Å². The van der Waals surface area contributed by atoms with Crippen LogP contribution in [0.2, 0.25) is 0 Å². The first-order valence-electron chi connectivity index (χ1n) is 13.7. The molecule has 10 heteroatoms. The Morgan fingerprint density at radius 1 is 1.05 bits per heavy atom. The summed E-state index contributed by atoms with van der Waals surface area (Å²) in [5.74, 6) is 0.152. The third-order valence-corrected chi connectivity index (χ3v) is 7.57. The predicted octanol–water partition coefficient (Wildman–Crippen LogP) is 5.18. The van der Waals surface area contributed by atoms with Crippen molar-refractivity contribution in [1.82, 2.24) is 15.2 Å². The van der Waals surface area contributed by atoms with Crippen LogP contribution in [0.4, 0.5) is 15.9 Å². The molecule has 9 nitrogen and oxygen atoms in total. The third kappa shape index (κ3) is 7.06. The van der Waals surface area contributed by atoms with Crippen LogP contribution in [-0.2, 0) is 11.3 Å². The number of hydrogen-bond donors (Lipinski definition) is 2. The van der Waals surface area contributed by atoms with E-state index in [2.05, 4.69) is 20.5 Å². The minimum Gasteiger partial charge on any atom is -0.352 e. The number of halogens is 1. The normalized spacial score (nSPS) is 15.9. The van der Waals surface area contributed by atoms with Gasteiger partial charge in [0, 0.05) is 36.8 Å². The Balaban J connectivity index is 1.14. The van der Waals surface area contributed by atoms with Gasteiger partial charge in [0.15, 0.2) is 0 Å². The number of amides is 2. The maximum absolute atomic E-state index is 13.4. The summed E-state index contributed by atoms with van der Waals surface area (Å²) in [6, 6.07) is 14.4. The van der Waals surface area contributed by atoms with E-state index in [1.807, 2.05) is 6.07 Å². The van der Waals surface area contributed by atoms with Crippen LogP contribution >= 0.6 is 0 Å². The second kappa shape index (κ2) is 12.3. The molecule has 1 saturated carbocycles. The minimum absolute atomic E-state index is 0.0113. The van der Waals surface area contributed by atoms with E-state index in [-0.39, 0.29) is 34.8 Å². The molecule has 2 fully saturated rings. The summed E-state index contributed by atoms with van der Waals surface area (Å²) in [6.45, 7) is 3.05. The molecular weight excluding hydrogens is 513 g/mol. The average molecular weight is 546 g/mol. The SMILES string of the molecule is O=C(NCCC1CCN(Cc2cccc(F)c2)CC1)c1ccc(-c2ccnc(NC(=O)C3CC3)c2)c([N+](=O)[O-])c1. The van der Waals surface area contributed by atoms with Gasteiger partial charge in [0.1, 0.15) is 11.6 Å². The Hall–Kier alpha value is -4.18. The molecule has 2 amide bonds. The molecule has 208 valence electrons. The van der Waals surface area contributed by atoms with Gasteiger partial charge in [0.25, 0.3) is 11.6 Å². The number of piperidine rings is 1. The number of hydrogen-bond acceptors (Lipinski definition) is 6. The number of likely N-dealkylation sites (tertiary alicyclic amines) is 1. The Bertz CT molecular complexity index is 1400. The van der Waals surface area contributed by atoms with Gasteiger partial charge in [-0.15, -0.1) is 0 Å². The molecular formula is C30H32FN5O4. The van der Waals surface area contributed by atoms with Crippen molar-refractivity contribution in [2.75, 3.05) is 25.0 Å². The molecule has 0 unspecified atom stereocenters. The largest absolute Gasteiger partial charge is 0.352 e. The van der Waals surface area contributed by atoms with Crippen molar-refractivity contribution in [2.45, 2.75) is 38.6 Å². The van der Waals surface area contributed by atoms with Crippen LogP contribution in [0.5, 0.6) is 0 Å². The van der Waals surface area contributed by atoms with Crippen molar-refractivity contribution in [1.29, 1.82) is 0 Å².